The van der Waals surface area contributed by atoms with Crippen molar-refractivity contribution in [2.24, 2.45) is 5.92 Å². The molecule has 3 aliphatic rings. The Morgan fingerprint density at radius 1 is 0.906 bits per heavy atom. The molecule has 1 N–H and O–H groups in total. The maximum absolute atomic E-state index is 13.2. The Morgan fingerprint density at radius 2 is 1.50 bits per heavy atom. The van der Waals surface area contributed by atoms with Crippen LogP contribution in [0, 0.1) is 5.92 Å². The number of nitrogens with one attached hydrogen (secondary N) is 1. The summed E-state index contributed by atoms with van der Waals surface area (Å²) in [5, 5.41) is 6.23. The van der Waals surface area contributed by atoms with Crippen molar-refractivity contribution in [2.45, 2.75) is 32.2 Å². The third-order valence-corrected chi connectivity index (χ3v) is 8.02. The Balaban J connectivity index is 1.82. The smallest absolute Gasteiger partial charge is 0.259 e. The zero-order valence-electron chi connectivity index (χ0n) is 17.6. The van der Waals surface area contributed by atoms with Gasteiger partial charge in [-0.2, -0.15) is 0 Å². The molecule has 2 bridgehead atoms. The van der Waals surface area contributed by atoms with E-state index in [9.17, 15) is 9.59 Å². The van der Waals surface area contributed by atoms with Gasteiger partial charge < -0.3 is 13.9 Å². The van der Waals surface area contributed by atoms with Gasteiger partial charge in [0.15, 0.2) is 0 Å². The van der Waals surface area contributed by atoms with Crippen molar-refractivity contribution in [3.8, 4) is 0 Å². The number of hydrogen-bond acceptors (Lipinski definition) is 3. The molecule has 0 aliphatic carbocycles. The molecule has 2 amide bonds. The third kappa shape index (κ3) is 1.59. The highest BCUT2D eigenvalue weighted by Crippen LogP contribution is 2.55. The molecule has 5 aromatic rings. The van der Waals surface area contributed by atoms with Crippen molar-refractivity contribution in [1.82, 2.24) is 14.5 Å². The van der Waals surface area contributed by atoms with Gasteiger partial charge in [0.05, 0.1) is 33.2 Å². The van der Waals surface area contributed by atoms with Crippen LogP contribution in [-0.2, 0) is 10.5 Å². The van der Waals surface area contributed by atoms with Crippen LogP contribution >= 0.6 is 0 Å². The van der Waals surface area contributed by atoms with Crippen LogP contribution in [0.15, 0.2) is 48.5 Å². The lowest BCUT2D eigenvalue weighted by Gasteiger charge is -2.31. The van der Waals surface area contributed by atoms with Gasteiger partial charge >= 0.3 is 0 Å². The number of benzene rings is 3. The Morgan fingerprint density at radius 3 is 2.22 bits per heavy atom. The first-order valence-corrected chi connectivity index (χ1v) is 11.1. The minimum absolute atomic E-state index is 0.141. The molecule has 6 nitrogen and oxygen atoms in total. The van der Waals surface area contributed by atoms with Crippen molar-refractivity contribution < 1.29 is 14.3 Å². The van der Waals surface area contributed by atoms with Crippen LogP contribution in [0.1, 0.15) is 47.2 Å². The quantitative estimate of drug-likeness (QED) is 0.357. The minimum Gasteiger partial charge on any atom is -0.332 e. The van der Waals surface area contributed by atoms with Crippen molar-refractivity contribution in [3.63, 3.8) is 0 Å². The van der Waals surface area contributed by atoms with E-state index in [4.69, 9.17) is 4.74 Å². The maximum Gasteiger partial charge on any atom is 0.259 e. The first kappa shape index (κ1) is 17.0. The number of ether oxygens (including phenoxy) is 1. The molecule has 156 valence electrons. The molecule has 3 unspecified atom stereocenters. The number of fused-ring (bicyclic) bond motifs is 13. The number of carbonyl (C=O) groups excluding carboxylic acids is 2. The largest absolute Gasteiger partial charge is 0.332 e. The van der Waals surface area contributed by atoms with E-state index in [1.807, 2.05) is 36.4 Å². The molecule has 5 heterocycles. The number of rotatable bonds is 0. The van der Waals surface area contributed by atoms with Gasteiger partial charge in [-0.15, -0.1) is 0 Å². The van der Waals surface area contributed by atoms with Crippen LogP contribution in [0.25, 0.3) is 43.6 Å². The van der Waals surface area contributed by atoms with Crippen LogP contribution < -0.4 is 5.32 Å². The SMILES string of the molecule is CC1CC2OC1(C)n1c3ccccc3c3c4c(c5c6ccccc6n2c5c31)C(=O)NC4=O. The number of amides is 2. The van der Waals surface area contributed by atoms with Gasteiger partial charge in [0, 0.05) is 27.5 Å². The molecule has 3 atom stereocenters. The third-order valence-electron chi connectivity index (χ3n) is 8.02. The molecule has 0 spiro atoms. The molecular formula is C26H19N3O3. The fraction of sp³-hybridized carbons (Fsp3) is 0.231. The average Bonchev–Trinajstić information content (AvgIpc) is 3.45. The number of hydrogen-bond donors (Lipinski definition) is 1. The van der Waals surface area contributed by atoms with Gasteiger partial charge in [0.2, 0.25) is 0 Å². The van der Waals surface area contributed by atoms with E-state index in [-0.39, 0.29) is 24.0 Å². The molecule has 2 aromatic heterocycles. The zero-order chi connectivity index (χ0) is 21.5. The Bertz CT molecular complexity index is 1740. The highest BCUT2D eigenvalue weighted by Gasteiger charge is 2.50. The van der Waals surface area contributed by atoms with E-state index in [1.165, 1.54) is 0 Å². The van der Waals surface area contributed by atoms with Crippen molar-refractivity contribution in [3.05, 3.63) is 59.7 Å². The summed E-state index contributed by atoms with van der Waals surface area (Å²) in [7, 11) is 0. The standard InChI is InChI=1S/C26H19N3O3/c1-12-11-17-28-15-9-5-3-7-13(15)18-20-21(25(31)27-24(20)30)19-14-8-4-6-10-16(14)29(23(19)22(18)28)26(12,2)32-17/h3-10,12,17H,11H2,1-2H3,(H,27,30,31). The number of para-hydroxylation sites is 2. The van der Waals surface area contributed by atoms with Crippen molar-refractivity contribution in [2.75, 3.05) is 0 Å². The highest BCUT2D eigenvalue weighted by atomic mass is 16.5. The second-order valence-electron chi connectivity index (χ2n) is 9.48. The van der Waals surface area contributed by atoms with Gasteiger partial charge in [-0.3, -0.25) is 14.9 Å². The molecular weight excluding hydrogens is 402 g/mol. The van der Waals surface area contributed by atoms with Gasteiger partial charge in [0.1, 0.15) is 12.0 Å². The molecule has 1 fully saturated rings. The van der Waals surface area contributed by atoms with E-state index in [1.54, 1.807) is 0 Å². The first-order chi connectivity index (χ1) is 15.5. The molecule has 6 heteroatoms. The van der Waals surface area contributed by atoms with E-state index in [0.29, 0.717) is 11.1 Å². The van der Waals surface area contributed by atoms with Gasteiger partial charge in [0.25, 0.3) is 11.8 Å². The summed E-state index contributed by atoms with van der Waals surface area (Å²) in [6.45, 7) is 4.39. The van der Waals surface area contributed by atoms with Crippen LogP contribution in [0.2, 0.25) is 0 Å². The van der Waals surface area contributed by atoms with Crippen molar-refractivity contribution >= 4 is 55.4 Å². The Kier molecular flexibility index (Phi) is 2.68. The van der Waals surface area contributed by atoms with E-state index >= 15 is 0 Å². The summed E-state index contributed by atoms with van der Waals surface area (Å²) >= 11 is 0. The average molecular weight is 421 g/mol. The zero-order valence-corrected chi connectivity index (χ0v) is 17.6. The predicted octanol–water partition coefficient (Wildman–Crippen LogP) is 5.03. The summed E-state index contributed by atoms with van der Waals surface area (Å²) in [4.78, 5) is 26.3. The van der Waals surface area contributed by atoms with Gasteiger partial charge in [-0.05, 0) is 25.5 Å². The number of aromatic nitrogens is 2. The molecule has 3 aromatic carbocycles. The van der Waals surface area contributed by atoms with Gasteiger partial charge in [-0.25, -0.2) is 0 Å². The summed E-state index contributed by atoms with van der Waals surface area (Å²) in [5.74, 6) is -0.374. The van der Waals surface area contributed by atoms with Crippen LogP contribution in [0.4, 0.5) is 0 Å². The van der Waals surface area contributed by atoms with E-state index < -0.39 is 5.72 Å². The number of nitrogens with zero attached hydrogens (tertiary/aromatic N) is 2. The summed E-state index contributed by atoms with van der Waals surface area (Å²) in [6, 6.07) is 16.3. The topological polar surface area (TPSA) is 65.3 Å². The van der Waals surface area contributed by atoms with Gasteiger partial charge in [-0.1, -0.05) is 43.3 Å². The summed E-state index contributed by atoms with van der Waals surface area (Å²) in [6.07, 6.45) is 0.734. The normalized spacial score (nSPS) is 26.1. The fourth-order valence-electron chi connectivity index (χ4n) is 6.55. The Hall–Kier alpha value is -3.64. The Labute approximate surface area is 182 Å². The lowest BCUT2D eigenvalue weighted by Crippen LogP contribution is -2.34. The van der Waals surface area contributed by atoms with E-state index in [0.717, 1.165) is 50.0 Å². The second-order valence-corrected chi connectivity index (χ2v) is 9.48. The minimum atomic E-state index is -0.563. The lowest BCUT2D eigenvalue weighted by atomic mass is 9.95. The number of carbonyl (C=O) groups is 2. The molecule has 3 aliphatic heterocycles. The molecule has 8 rings (SSSR count). The first-order valence-electron chi connectivity index (χ1n) is 11.1. The lowest BCUT2D eigenvalue weighted by molar-refractivity contribution is -0.114. The van der Waals surface area contributed by atoms with Crippen molar-refractivity contribution in [1.29, 1.82) is 0 Å². The highest BCUT2D eigenvalue weighted by molar-refractivity contribution is 6.39. The number of imide groups is 1. The molecule has 0 radical (unpaired) electrons. The summed E-state index contributed by atoms with van der Waals surface area (Å²) in [5.41, 5.74) is 4.45. The molecule has 1 saturated heterocycles. The fourth-order valence-corrected chi connectivity index (χ4v) is 6.55. The predicted molar refractivity (Wildman–Crippen MR) is 122 cm³/mol. The maximum atomic E-state index is 13.2. The van der Waals surface area contributed by atoms with Crippen LogP contribution in [0.3, 0.4) is 0 Å². The molecule has 0 saturated carbocycles. The monoisotopic (exact) mass is 421 g/mol. The second kappa shape index (κ2) is 5.05. The van der Waals surface area contributed by atoms with Crippen LogP contribution in [0.5, 0.6) is 0 Å². The molecule has 32 heavy (non-hydrogen) atoms. The van der Waals surface area contributed by atoms with Crippen LogP contribution in [-0.4, -0.2) is 20.9 Å². The summed E-state index contributed by atoms with van der Waals surface area (Å²) < 4.78 is 11.4. The van der Waals surface area contributed by atoms with E-state index in [2.05, 4.69) is 40.4 Å².